The predicted octanol–water partition coefficient (Wildman–Crippen LogP) is -0.641. The molecule has 0 saturated heterocycles. The molecule has 2 aromatic heterocycles. The minimum Gasteiger partial charge on any atom is -0.414 e. The second-order valence-corrected chi connectivity index (χ2v) is 2.83. The fraction of sp³-hybridized carbons (Fsp3) is 0.375. The zero-order valence-electron chi connectivity index (χ0n) is 8.30. The summed E-state index contributed by atoms with van der Waals surface area (Å²) in [6.07, 6.45) is 3.28. The molecule has 2 aromatic rings. The van der Waals surface area contributed by atoms with Gasteiger partial charge in [-0.15, -0.1) is 0 Å². The highest BCUT2D eigenvalue weighted by Gasteiger charge is 2.05. The highest BCUT2D eigenvalue weighted by molar-refractivity contribution is 5.68. The molecule has 74 valence electrons. The average Bonchev–Trinajstić information content (AvgIpc) is 2.59. The number of nitrogens with zero attached hydrogens (tertiary/aromatic N) is 5. The summed E-state index contributed by atoms with van der Waals surface area (Å²) in [6, 6.07) is 0. The third kappa shape index (κ3) is 1.07. The minimum absolute atomic E-state index is 0.665. The Bertz CT molecular complexity index is 524. The molecule has 14 heavy (non-hydrogen) atoms. The van der Waals surface area contributed by atoms with Crippen LogP contribution in [0.15, 0.2) is 17.6 Å². The SMILES string of the molecule is CN=c1c2ncn(C)c2ncn1OC. The molecule has 2 heterocycles. The fourth-order valence-electron chi connectivity index (χ4n) is 1.34. The van der Waals surface area contributed by atoms with Crippen LogP contribution in [0.2, 0.25) is 0 Å². The van der Waals surface area contributed by atoms with E-state index in [1.807, 2.05) is 11.6 Å². The normalized spacial score (nSPS) is 12.4. The highest BCUT2D eigenvalue weighted by Crippen LogP contribution is 2.01. The monoisotopic (exact) mass is 193 g/mol. The first-order valence-corrected chi connectivity index (χ1v) is 4.14. The Morgan fingerprint density at radius 1 is 1.36 bits per heavy atom. The number of aryl methyl sites for hydroxylation is 1. The Morgan fingerprint density at radius 3 is 2.79 bits per heavy atom. The molecule has 0 aromatic carbocycles. The van der Waals surface area contributed by atoms with Gasteiger partial charge in [-0.2, -0.15) is 4.73 Å². The van der Waals surface area contributed by atoms with Crippen LogP contribution in [0.4, 0.5) is 0 Å². The molecule has 0 radical (unpaired) electrons. The number of hydrogen-bond donors (Lipinski definition) is 0. The van der Waals surface area contributed by atoms with E-state index in [9.17, 15) is 0 Å². The van der Waals surface area contributed by atoms with Crippen molar-refractivity contribution in [3.05, 3.63) is 18.1 Å². The molecule has 0 fully saturated rings. The van der Waals surface area contributed by atoms with Crippen molar-refractivity contribution in [2.24, 2.45) is 12.0 Å². The van der Waals surface area contributed by atoms with Crippen molar-refractivity contribution >= 4 is 11.2 Å². The quantitative estimate of drug-likeness (QED) is 0.605. The Kier molecular flexibility index (Phi) is 1.95. The Morgan fingerprint density at radius 2 is 2.14 bits per heavy atom. The number of imidazole rings is 1. The summed E-state index contributed by atoms with van der Waals surface area (Å²) < 4.78 is 3.32. The van der Waals surface area contributed by atoms with Crippen LogP contribution in [-0.2, 0) is 7.05 Å². The van der Waals surface area contributed by atoms with Crippen molar-refractivity contribution in [1.82, 2.24) is 19.3 Å². The Labute approximate surface area is 80.5 Å². The number of aromatic nitrogens is 4. The van der Waals surface area contributed by atoms with Gasteiger partial charge < -0.3 is 9.40 Å². The maximum atomic E-state index is 5.06. The molecule has 0 bridgehead atoms. The summed E-state index contributed by atoms with van der Waals surface area (Å²) in [5.74, 6) is 0. The second kappa shape index (κ2) is 3.13. The topological polar surface area (TPSA) is 57.2 Å². The van der Waals surface area contributed by atoms with Gasteiger partial charge in [0, 0.05) is 14.1 Å². The molecular weight excluding hydrogens is 182 g/mol. The van der Waals surface area contributed by atoms with Crippen LogP contribution in [0.25, 0.3) is 11.2 Å². The number of hydrogen-bond acceptors (Lipinski definition) is 4. The third-order valence-corrected chi connectivity index (χ3v) is 2.02. The lowest BCUT2D eigenvalue weighted by Crippen LogP contribution is -2.26. The lowest BCUT2D eigenvalue weighted by atomic mass is 10.5. The molecule has 6 heteroatoms. The largest absolute Gasteiger partial charge is 0.414 e. The van der Waals surface area contributed by atoms with E-state index >= 15 is 0 Å². The van der Waals surface area contributed by atoms with Gasteiger partial charge >= 0.3 is 0 Å². The van der Waals surface area contributed by atoms with Crippen LogP contribution in [0.5, 0.6) is 0 Å². The van der Waals surface area contributed by atoms with Crippen molar-refractivity contribution in [2.75, 3.05) is 14.2 Å². The molecule has 0 atom stereocenters. The lowest BCUT2D eigenvalue weighted by molar-refractivity contribution is 0.153. The van der Waals surface area contributed by atoms with Crippen LogP contribution >= 0.6 is 0 Å². The van der Waals surface area contributed by atoms with E-state index < -0.39 is 0 Å². The molecule has 0 amide bonds. The van der Waals surface area contributed by atoms with Gasteiger partial charge in [0.05, 0.1) is 6.33 Å². The molecule has 0 aliphatic rings. The number of fused-ring (bicyclic) bond motifs is 1. The molecule has 6 nitrogen and oxygen atoms in total. The third-order valence-electron chi connectivity index (χ3n) is 2.02. The maximum Gasteiger partial charge on any atom is 0.194 e. The van der Waals surface area contributed by atoms with Gasteiger partial charge in [-0.25, -0.2) is 9.97 Å². The van der Waals surface area contributed by atoms with Gasteiger partial charge in [-0.05, 0) is 0 Å². The molecule has 0 aliphatic carbocycles. The zero-order chi connectivity index (χ0) is 10.1. The van der Waals surface area contributed by atoms with Gasteiger partial charge in [0.15, 0.2) is 16.7 Å². The van der Waals surface area contributed by atoms with E-state index in [1.165, 1.54) is 4.73 Å². The van der Waals surface area contributed by atoms with Gasteiger partial charge in [-0.1, -0.05) is 0 Å². The molecular formula is C8H11N5O. The van der Waals surface area contributed by atoms with Crippen molar-refractivity contribution in [1.29, 1.82) is 0 Å². The summed E-state index contributed by atoms with van der Waals surface area (Å²) in [5.41, 5.74) is 2.19. The summed E-state index contributed by atoms with van der Waals surface area (Å²) in [4.78, 5) is 17.6. The van der Waals surface area contributed by atoms with E-state index in [2.05, 4.69) is 15.0 Å². The molecule has 0 N–H and O–H groups in total. The van der Waals surface area contributed by atoms with E-state index in [0.29, 0.717) is 5.49 Å². The van der Waals surface area contributed by atoms with Gasteiger partial charge in [0.25, 0.3) is 0 Å². The first-order chi connectivity index (χ1) is 6.77. The fourth-order valence-corrected chi connectivity index (χ4v) is 1.34. The predicted molar refractivity (Wildman–Crippen MR) is 50.5 cm³/mol. The van der Waals surface area contributed by atoms with Crippen molar-refractivity contribution in [3.8, 4) is 0 Å². The Hall–Kier alpha value is -1.85. The summed E-state index contributed by atoms with van der Waals surface area (Å²) in [7, 11) is 5.14. The van der Waals surface area contributed by atoms with Gasteiger partial charge in [0.1, 0.15) is 13.4 Å². The van der Waals surface area contributed by atoms with Crippen molar-refractivity contribution < 1.29 is 4.84 Å². The summed E-state index contributed by atoms with van der Waals surface area (Å²) in [6.45, 7) is 0. The molecule has 0 unspecified atom stereocenters. The maximum absolute atomic E-state index is 5.06. The van der Waals surface area contributed by atoms with Crippen LogP contribution in [-0.4, -0.2) is 33.4 Å². The lowest BCUT2D eigenvalue weighted by Gasteiger charge is -2.03. The standard InChI is InChI=1S/C8H11N5O/c1-9-7-6-8(12(2)4-10-6)11-5-13(7)14-3/h4-5H,1-3H3. The zero-order valence-corrected chi connectivity index (χ0v) is 8.30. The molecule has 0 aliphatic heterocycles. The van der Waals surface area contributed by atoms with Crippen LogP contribution in [0.1, 0.15) is 0 Å². The summed E-state index contributed by atoms with van der Waals surface area (Å²) >= 11 is 0. The summed E-state index contributed by atoms with van der Waals surface area (Å²) in [5, 5.41) is 0. The van der Waals surface area contributed by atoms with Crippen molar-refractivity contribution in [2.45, 2.75) is 0 Å². The first kappa shape index (κ1) is 8.74. The van der Waals surface area contributed by atoms with E-state index in [-0.39, 0.29) is 0 Å². The molecule has 2 rings (SSSR count). The van der Waals surface area contributed by atoms with E-state index in [1.54, 1.807) is 26.8 Å². The first-order valence-electron chi connectivity index (χ1n) is 4.14. The van der Waals surface area contributed by atoms with Crippen LogP contribution in [0, 0.1) is 0 Å². The van der Waals surface area contributed by atoms with Crippen LogP contribution < -0.4 is 10.3 Å². The van der Waals surface area contributed by atoms with E-state index in [0.717, 1.165) is 11.2 Å². The molecule has 0 saturated carbocycles. The van der Waals surface area contributed by atoms with Gasteiger partial charge in [-0.3, -0.25) is 4.99 Å². The Balaban J connectivity index is 2.92. The average molecular weight is 193 g/mol. The van der Waals surface area contributed by atoms with E-state index in [4.69, 9.17) is 4.84 Å². The second-order valence-electron chi connectivity index (χ2n) is 2.83. The minimum atomic E-state index is 0.665. The number of rotatable bonds is 1. The molecule has 0 spiro atoms. The van der Waals surface area contributed by atoms with Crippen molar-refractivity contribution in [3.63, 3.8) is 0 Å². The highest BCUT2D eigenvalue weighted by atomic mass is 16.6. The smallest absolute Gasteiger partial charge is 0.194 e. The van der Waals surface area contributed by atoms with Crippen LogP contribution in [0.3, 0.4) is 0 Å². The van der Waals surface area contributed by atoms with Gasteiger partial charge in [0.2, 0.25) is 0 Å².